The van der Waals surface area contributed by atoms with E-state index in [1.807, 2.05) is 38.1 Å². The van der Waals surface area contributed by atoms with Gasteiger partial charge in [-0.2, -0.15) is 0 Å². The summed E-state index contributed by atoms with van der Waals surface area (Å²) in [5.74, 6) is -0.360. The summed E-state index contributed by atoms with van der Waals surface area (Å²) in [4.78, 5) is 45.8. The monoisotopic (exact) mass is 484 g/mol. The first-order valence-electron chi connectivity index (χ1n) is 13.1. The van der Waals surface area contributed by atoms with Gasteiger partial charge < -0.3 is 24.8 Å². The number of nitrogens with zero attached hydrogens (tertiary/aromatic N) is 3. The molecule has 3 saturated heterocycles. The van der Waals surface area contributed by atoms with E-state index in [4.69, 9.17) is 4.74 Å². The number of hydrogen-bond donors (Lipinski definition) is 1. The lowest BCUT2D eigenvalue weighted by Crippen LogP contribution is -2.54. The molecule has 0 bridgehead atoms. The summed E-state index contributed by atoms with van der Waals surface area (Å²) < 4.78 is 5.78. The molecule has 192 valence electrons. The maximum Gasteiger partial charge on any atom is 0.251 e. The lowest BCUT2D eigenvalue weighted by atomic mass is 9.96. The van der Waals surface area contributed by atoms with Crippen LogP contribution in [0.15, 0.2) is 24.3 Å². The van der Waals surface area contributed by atoms with Crippen molar-refractivity contribution in [1.29, 1.82) is 0 Å². The molecule has 0 aromatic heterocycles. The number of amides is 2. The van der Waals surface area contributed by atoms with E-state index in [1.54, 1.807) is 4.90 Å². The van der Waals surface area contributed by atoms with Crippen LogP contribution in [0.25, 0.3) is 0 Å². The van der Waals surface area contributed by atoms with E-state index >= 15 is 0 Å². The molecule has 5 atom stereocenters. The molecule has 0 unspecified atom stereocenters. The summed E-state index contributed by atoms with van der Waals surface area (Å²) in [5.41, 5.74) is 1.64. The number of rotatable bonds is 8. The molecule has 8 heteroatoms. The molecule has 1 aromatic carbocycles. The van der Waals surface area contributed by atoms with Gasteiger partial charge in [-0.05, 0) is 43.7 Å². The predicted molar refractivity (Wildman–Crippen MR) is 136 cm³/mol. The zero-order valence-electron chi connectivity index (χ0n) is 21.5. The van der Waals surface area contributed by atoms with E-state index in [-0.39, 0.29) is 42.1 Å². The summed E-state index contributed by atoms with van der Waals surface area (Å²) in [6.45, 7) is 10.6. The molecular formula is C27H40N4O4. The van der Waals surface area contributed by atoms with Crippen molar-refractivity contribution in [2.45, 2.75) is 58.2 Å². The second kappa shape index (κ2) is 11.1. The molecule has 0 saturated carbocycles. The number of benzene rings is 1. The zero-order valence-corrected chi connectivity index (χ0v) is 21.5. The van der Waals surface area contributed by atoms with E-state index in [0.29, 0.717) is 12.1 Å². The van der Waals surface area contributed by atoms with E-state index in [1.165, 1.54) is 0 Å². The van der Waals surface area contributed by atoms with Gasteiger partial charge in [-0.3, -0.25) is 14.4 Å². The van der Waals surface area contributed by atoms with Gasteiger partial charge in [-0.25, -0.2) is 0 Å². The van der Waals surface area contributed by atoms with Gasteiger partial charge in [0, 0.05) is 49.9 Å². The minimum Gasteiger partial charge on any atom is -0.369 e. The second-order valence-electron chi connectivity index (χ2n) is 10.4. The molecule has 35 heavy (non-hydrogen) atoms. The highest BCUT2D eigenvalue weighted by Gasteiger charge is 2.52. The highest BCUT2D eigenvalue weighted by Crippen LogP contribution is 2.35. The first-order chi connectivity index (χ1) is 16.8. The minimum atomic E-state index is -0.681. The summed E-state index contributed by atoms with van der Waals surface area (Å²) in [6.07, 6.45) is 2.41. The van der Waals surface area contributed by atoms with Gasteiger partial charge in [0.25, 0.3) is 5.91 Å². The number of hydrogen-bond acceptors (Lipinski definition) is 6. The molecule has 3 fully saturated rings. The zero-order chi connectivity index (χ0) is 25.1. The number of ether oxygens (including phenoxy) is 1. The number of nitrogens with one attached hydrogen (secondary N) is 1. The van der Waals surface area contributed by atoms with Crippen LogP contribution in [0.5, 0.6) is 0 Å². The molecule has 3 aliphatic rings. The Morgan fingerprint density at radius 2 is 1.80 bits per heavy atom. The van der Waals surface area contributed by atoms with Crippen LogP contribution in [-0.2, 0) is 14.3 Å². The van der Waals surface area contributed by atoms with E-state index < -0.39 is 12.1 Å². The number of Topliss-reactive ketones (excluding diaryl/α,β-unsaturated/α-hetero) is 1. The van der Waals surface area contributed by atoms with Gasteiger partial charge in [-0.1, -0.05) is 33.6 Å². The van der Waals surface area contributed by atoms with Crippen LogP contribution in [-0.4, -0.2) is 92.0 Å². The van der Waals surface area contributed by atoms with Gasteiger partial charge in [0.05, 0.1) is 6.10 Å². The summed E-state index contributed by atoms with van der Waals surface area (Å²) in [7, 11) is 2.13. The lowest BCUT2D eigenvalue weighted by Gasteiger charge is -2.34. The maximum atomic E-state index is 13.7. The number of likely N-dealkylation sites (N-methyl/N-ethyl adjacent to an activating group) is 1. The van der Waals surface area contributed by atoms with Crippen molar-refractivity contribution >= 4 is 23.3 Å². The topological polar surface area (TPSA) is 82.2 Å². The molecule has 0 spiro atoms. The first kappa shape index (κ1) is 25.6. The highest BCUT2D eigenvalue weighted by atomic mass is 16.5. The largest absolute Gasteiger partial charge is 0.369 e. The van der Waals surface area contributed by atoms with E-state index in [9.17, 15) is 14.4 Å². The summed E-state index contributed by atoms with van der Waals surface area (Å²) in [5, 5.41) is 3.00. The molecule has 3 heterocycles. The van der Waals surface area contributed by atoms with Crippen LogP contribution >= 0.6 is 0 Å². The SMILES string of the molecule is CCC[C@H]1CN(C(=O)[C@@H](NC(=O)c2ccc(N3CCN(C)CC3)cc2)[C@@H](C)CC)[C@@H]2C(=O)CO[C@H]12. The van der Waals surface area contributed by atoms with Gasteiger partial charge in [0.2, 0.25) is 5.91 Å². The third-order valence-corrected chi connectivity index (χ3v) is 8.00. The van der Waals surface area contributed by atoms with Crippen molar-refractivity contribution in [1.82, 2.24) is 15.1 Å². The third kappa shape index (κ3) is 5.38. The number of ketones is 1. The number of carbonyl (C=O) groups is 3. The van der Waals surface area contributed by atoms with Gasteiger partial charge in [0.1, 0.15) is 18.7 Å². The molecular weight excluding hydrogens is 444 g/mol. The first-order valence-corrected chi connectivity index (χ1v) is 13.1. The normalized spacial score (nSPS) is 26.5. The van der Waals surface area contributed by atoms with Crippen LogP contribution in [0.4, 0.5) is 5.69 Å². The van der Waals surface area contributed by atoms with Crippen LogP contribution < -0.4 is 10.2 Å². The van der Waals surface area contributed by atoms with Gasteiger partial charge >= 0.3 is 0 Å². The van der Waals surface area contributed by atoms with Crippen molar-refractivity contribution in [3.05, 3.63) is 29.8 Å². The Kier molecular flexibility index (Phi) is 8.12. The number of piperazine rings is 1. The average Bonchev–Trinajstić information content (AvgIpc) is 3.43. The fraction of sp³-hybridized carbons (Fsp3) is 0.667. The van der Waals surface area contributed by atoms with Crippen molar-refractivity contribution in [3.8, 4) is 0 Å². The van der Waals surface area contributed by atoms with Crippen LogP contribution in [0.1, 0.15) is 50.4 Å². The smallest absolute Gasteiger partial charge is 0.251 e. The van der Waals surface area contributed by atoms with Crippen molar-refractivity contribution in [3.63, 3.8) is 0 Å². The van der Waals surface area contributed by atoms with Gasteiger partial charge in [-0.15, -0.1) is 0 Å². The molecule has 8 nitrogen and oxygen atoms in total. The van der Waals surface area contributed by atoms with Crippen LogP contribution in [0, 0.1) is 11.8 Å². The Morgan fingerprint density at radius 1 is 1.11 bits per heavy atom. The Balaban J connectivity index is 1.46. The molecule has 1 aromatic rings. The maximum absolute atomic E-state index is 13.7. The predicted octanol–water partition coefficient (Wildman–Crippen LogP) is 2.18. The third-order valence-electron chi connectivity index (χ3n) is 8.00. The Morgan fingerprint density at radius 3 is 2.43 bits per heavy atom. The molecule has 2 amide bonds. The fourth-order valence-electron chi connectivity index (χ4n) is 5.58. The minimum absolute atomic E-state index is 0.0318. The summed E-state index contributed by atoms with van der Waals surface area (Å²) in [6, 6.07) is 6.42. The molecule has 1 N–H and O–H groups in total. The molecule has 0 radical (unpaired) electrons. The van der Waals surface area contributed by atoms with E-state index in [0.717, 1.165) is 51.1 Å². The second-order valence-corrected chi connectivity index (χ2v) is 10.4. The van der Waals surface area contributed by atoms with Crippen molar-refractivity contribution in [2.24, 2.45) is 11.8 Å². The highest BCUT2D eigenvalue weighted by molar-refractivity contribution is 5.99. The van der Waals surface area contributed by atoms with Crippen LogP contribution in [0.2, 0.25) is 0 Å². The standard InChI is InChI=1S/C27H40N4O4/c1-5-7-20-16-31(24-22(32)17-35-25(20)24)27(34)23(18(3)6-2)28-26(33)19-8-10-21(11-9-19)30-14-12-29(4)13-15-30/h8-11,18,20,23-25H,5-7,12-17H2,1-4H3,(H,28,33)/t18-,20-,23-,24+,25+/m0/s1. The fourth-order valence-corrected chi connectivity index (χ4v) is 5.58. The number of anilines is 1. The quantitative estimate of drug-likeness (QED) is 0.609. The molecule has 0 aliphatic carbocycles. The Bertz CT molecular complexity index is 912. The van der Waals surface area contributed by atoms with Crippen molar-refractivity contribution in [2.75, 3.05) is 51.3 Å². The summed E-state index contributed by atoms with van der Waals surface area (Å²) >= 11 is 0. The lowest BCUT2D eigenvalue weighted by molar-refractivity contribution is -0.139. The Labute approximate surface area is 209 Å². The number of likely N-dealkylation sites (tertiary alicyclic amines) is 1. The van der Waals surface area contributed by atoms with Crippen LogP contribution in [0.3, 0.4) is 0 Å². The van der Waals surface area contributed by atoms with E-state index in [2.05, 4.69) is 29.1 Å². The average molecular weight is 485 g/mol. The molecule has 4 rings (SSSR count). The number of carbonyl (C=O) groups excluding carboxylic acids is 3. The van der Waals surface area contributed by atoms with Crippen molar-refractivity contribution < 1.29 is 19.1 Å². The molecule has 3 aliphatic heterocycles. The Hall–Kier alpha value is -2.45. The number of fused-ring (bicyclic) bond motifs is 1. The van der Waals surface area contributed by atoms with Gasteiger partial charge in [0.15, 0.2) is 5.78 Å².